The van der Waals surface area contributed by atoms with E-state index in [1.54, 1.807) is 13.0 Å². The summed E-state index contributed by atoms with van der Waals surface area (Å²) in [6.45, 7) is 4.39. The highest BCUT2D eigenvalue weighted by atomic mass is 127. The second kappa shape index (κ2) is 7.41. The number of halogens is 1. The molecule has 0 amide bonds. The summed E-state index contributed by atoms with van der Waals surface area (Å²) in [4.78, 5) is 10.8. The van der Waals surface area contributed by atoms with Gasteiger partial charge in [-0.15, -0.1) is 0 Å². The van der Waals surface area contributed by atoms with Crippen LogP contribution >= 0.6 is 22.6 Å². The molecule has 0 aliphatic rings. The summed E-state index contributed by atoms with van der Waals surface area (Å²) in [6.07, 6.45) is 3.75. The third-order valence-corrected chi connectivity index (χ3v) is 3.32. The molecule has 1 rings (SSSR count). The van der Waals surface area contributed by atoms with E-state index >= 15 is 0 Å². The van der Waals surface area contributed by atoms with Gasteiger partial charge < -0.3 is 9.84 Å². The molecule has 0 saturated heterocycles. The van der Waals surface area contributed by atoms with Crippen molar-refractivity contribution in [3.8, 4) is 5.75 Å². The number of ether oxygens (including phenoxy) is 1. The Bertz CT molecular complexity index is 452. The van der Waals surface area contributed by atoms with Gasteiger partial charge in [-0.05, 0) is 59.7 Å². The SMILES string of the molecule is CCCCOc1cc(/C=C(/C)C(=O)O)ccc1I. The smallest absolute Gasteiger partial charge is 0.331 e. The maximum atomic E-state index is 10.8. The molecule has 18 heavy (non-hydrogen) atoms. The first-order chi connectivity index (χ1) is 8.54. The molecule has 1 N–H and O–H groups in total. The second-order valence-corrected chi connectivity index (χ2v) is 5.19. The molecular weight excluding hydrogens is 343 g/mol. The lowest BCUT2D eigenvalue weighted by molar-refractivity contribution is -0.132. The number of unbranched alkanes of at least 4 members (excludes halogenated alkanes) is 1. The number of benzene rings is 1. The van der Waals surface area contributed by atoms with Crippen molar-refractivity contribution in [2.24, 2.45) is 0 Å². The molecule has 0 saturated carbocycles. The van der Waals surface area contributed by atoms with Crippen LogP contribution in [0.15, 0.2) is 23.8 Å². The Morgan fingerprint density at radius 2 is 2.22 bits per heavy atom. The molecule has 4 heteroatoms. The monoisotopic (exact) mass is 360 g/mol. The van der Waals surface area contributed by atoms with E-state index in [4.69, 9.17) is 9.84 Å². The van der Waals surface area contributed by atoms with Crippen molar-refractivity contribution in [3.63, 3.8) is 0 Å². The molecule has 3 nitrogen and oxygen atoms in total. The average molecular weight is 360 g/mol. The van der Waals surface area contributed by atoms with Gasteiger partial charge in [-0.3, -0.25) is 0 Å². The quantitative estimate of drug-likeness (QED) is 0.475. The van der Waals surface area contributed by atoms with Crippen molar-refractivity contribution in [2.75, 3.05) is 6.61 Å². The molecule has 0 fully saturated rings. The first-order valence-electron chi connectivity index (χ1n) is 5.88. The summed E-state index contributed by atoms with van der Waals surface area (Å²) in [6, 6.07) is 5.70. The van der Waals surface area contributed by atoms with Gasteiger partial charge >= 0.3 is 5.97 Å². The van der Waals surface area contributed by atoms with E-state index in [1.165, 1.54) is 0 Å². The van der Waals surface area contributed by atoms with E-state index in [0.717, 1.165) is 27.7 Å². The molecule has 0 radical (unpaired) electrons. The van der Waals surface area contributed by atoms with Crippen molar-refractivity contribution in [2.45, 2.75) is 26.7 Å². The van der Waals surface area contributed by atoms with Gasteiger partial charge in [-0.2, -0.15) is 0 Å². The van der Waals surface area contributed by atoms with Gasteiger partial charge in [0, 0.05) is 5.57 Å². The molecule has 1 aromatic rings. The highest BCUT2D eigenvalue weighted by Crippen LogP contribution is 2.24. The fourth-order valence-corrected chi connectivity index (χ4v) is 1.85. The normalized spacial score (nSPS) is 11.4. The van der Waals surface area contributed by atoms with E-state index in [9.17, 15) is 4.79 Å². The maximum Gasteiger partial charge on any atom is 0.331 e. The third-order valence-electron chi connectivity index (χ3n) is 2.43. The lowest BCUT2D eigenvalue weighted by atomic mass is 10.1. The maximum absolute atomic E-state index is 10.8. The minimum atomic E-state index is -0.901. The number of hydrogen-bond acceptors (Lipinski definition) is 2. The fourth-order valence-electron chi connectivity index (χ4n) is 1.36. The zero-order chi connectivity index (χ0) is 13.5. The minimum Gasteiger partial charge on any atom is -0.492 e. The molecule has 0 bridgehead atoms. The van der Waals surface area contributed by atoms with Crippen LogP contribution in [0.3, 0.4) is 0 Å². The molecule has 0 atom stereocenters. The number of hydrogen-bond donors (Lipinski definition) is 1. The summed E-state index contributed by atoms with van der Waals surface area (Å²) in [7, 11) is 0. The van der Waals surface area contributed by atoms with Crippen LogP contribution in [-0.2, 0) is 4.79 Å². The molecule has 0 aliphatic heterocycles. The van der Waals surface area contributed by atoms with Crippen molar-refractivity contribution < 1.29 is 14.6 Å². The van der Waals surface area contributed by atoms with Gasteiger partial charge in [0.1, 0.15) is 5.75 Å². The first-order valence-corrected chi connectivity index (χ1v) is 6.96. The predicted molar refractivity (Wildman–Crippen MR) is 80.8 cm³/mol. The van der Waals surface area contributed by atoms with Crippen molar-refractivity contribution in [3.05, 3.63) is 32.9 Å². The van der Waals surface area contributed by atoms with Crippen LogP contribution < -0.4 is 4.74 Å². The highest BCUT2D eigenvalue weighted by molar-refractivity contribution is 14.1. The molecule has 1 aromatic carbocycles. The number of carboxylic acids is 1. The van der Waals surface area contributed by atoms with Gasteiger partial charge in [-0.25, -0.2) is 4.79 Å². The van der Waals surface area contributed by atoms with Gasteiger partial charge in [0.25, 0.3) is 0 Å². The Morgan fingerprint density at radius 3 is 2.83 bits per heavy atom. The van der Waals surface area contributed by atoms with Gasteiger partial charge in [0.15, 0.2) is 0 Å². The topological polar surface area (TPSA) is 46.5 Å². The lowest BCUT2D eigenvalue weighted by Gasteiger charge is -2.08. The van der Waals surface area contributed by atoms with Crippen LogP contribution in [0.4, 0.5) is 0 Å². The summed E-state index contributed by atoms with van der Waals surface area (Å²) in [5, 5.41) is 8.84. The summed E-state index contributed by atoms with van der Waals surface area (Å²) >= 11 is 2.21. The zero-order valence-corrected chi connectivity index (χ0v) is 12.7. The molecular formula is C14H17IO3. The largest absolute Gasteiger partial charge is 0.492 e. The van der Waals surface area contributed by atoms with Crippen LogP contribution in [-0.4, -0.2) is 17.7 Å². The number of carbonyl (C=O) groups is 1. The van der Waals surface area contributed by atoms with Gasteiger partial charge in [0.2, 0.25) is 0 Å². The van der Waals surface area contributed by atoms with Crippen molar-refractivity contribution >= 4 is 34.6 Å². The second-order valence-electron chi connectivity index (χ2n) is 4.02. The van der Waals surface area contributed by atoms with E-state index in [1.807, 2.05) is 18.2 Å². The Kier molecular flexibility index (Phi) is 6.18. The van der Waals surface area contributed by atoms with Crippen molar-refractivity contribution in [1.82, 2.24) is 0 Å². The van der Waals surface area contributed by atoms with E-state index < -0.39 is 5.97 Å². The van der Waals surface area contributed by atoms with E-state index in [0.29, 0.717) is 12.2 Å². The standard InChI is InChI=1S/C14H17IO3/c1-3-4-7-18-13-9-11(5-6-12(13)15)8-10(2)14(16)17/h5-6,8-9H,3-4,7H2,1-2H3,(H,16,17)/b10-8-. The van der Waals surface area contributed by atoms with Crippen LogP contribution in [0.2, 0.25) is 0 Å². The average Bonchev–Trinajstić information content (AvgIpc) is 2.33. The Hall–Kier alpha value is -1.04. The predicted octanol–water partition coefficient (Wildman–Crippen LogP) is 3.96. The third kappa shape index (κ3) is 4.68. The van der Waals surface area contributed by atoms with Crippen LogP contribution in [0, 0.1) is 3.57 Å². The number of rotatable bonds is 6. The highest BCUT2D eigenvalue weighted by Gasteiger charge is 2.04. The minimum absolute atomic E-state index is 0.315. The summed E-state index contributed by atoms with van der Waals surface area (Å²) in [5.41, 5.74) is 1.16. The first kappa shape index (κ1) is 15.0. The number of carboxylic acid groups (broad SMARTS) is 1. The summed E-state index contributed by atoms with van der Waals surface area (Å²) in [5.74, 6) is -0.0852. The molecule has 98 valence electrons. The zero-order valence-electron chi connectivity index (χ0n) is 10.6. The molecule has 0 aromatic heterocycles. The van der Waals surface area contributed by atoms with Gasteiger partial charge in [0.05, 0.1) is 10.2 Å². The van der Waals surface area contributed by atoms with E-state index in [-0.39, 0.29) is 0 Å². The summed E-state index contributed by atoms with van der Waals surface area (Å²) < 4.78 is 6.71. The Morgan fingerprint density at radius 1 is 1.50 bits per heavy atom. The Labute approximate surface area is 121 Å². The van der Waals surface area contributed by atoms with Crippen LogP contribution in [0.1, 0.15) is 32.3 Å². The molecule has 0 spiro atoms. The molecule has 0 unspecified atom stereocenters. The molecule has 0 aliphatic carbocycles. The molecule has 0 heterocycles. The van der Waals surface area contributed by atoms with Crippen LogP contribution in [0.25, 0.3) is 6.08 Å². The lowest BCUT2D eigenvalue weighted by Crippen LogP contribution is -1.99. The Balaban J connectivity index is 2.86. The van der Waals surface area contributed by atoms with Crippen molar-refractivity contribution in [1.29, 1.82) is 0 Å². The van der Waals surface area contributed by atoms with Crippen LogP contribution in [0.5, 0.6) is 5.75 Å². The number of aliphatic carboxylic acids is 1. The van der Waals surface area contributed by atoms with E-state index in [2.05, 4.69) is 29.5 Å². The van der Waals surface area contributed by atoms with Gasteiger partial charge in [-0.1, -0.05) is 19.4 Å². The fraction of sp³-hybridized carbons (Fsp3) is 0.357.